The van der Waals surface area contributed by atoms with E-state index < -0.39 is 5.25 Å². The second-order valence-electron chi connectivity index (χ2n) is 7.94. The number of carbonyl (C=O) groups is 1. The second-order valence-corrected chi connectivity index (χ2v) is 9.25. The maximum atomic E-state index is 14.6. The van der Waals surface area contributed by atoms with Crippen molar-refractivity contribution in [1.29, 1.82) is 0 Å². The van der Waals surface area contributed by atoms with E-state index in [1.54, 1.807) is 49.2 Å². The highest BCUT2D eigenvalue weighted by Gasteiger charge is 2.24. The molecule has 0 aliphatic rings. The van der Waals surface area contributed by atoms with Crippen LogP contribution in [-0.4, -0.2) is 37.9 Å². The fraction of sp³-hybridized carbons (Fsp3) is 0.192. The molecule has 174 valence electrons. The first-order valence-corrected chi connectivity index (χ1v) is 11.7. The molecule has 0 spiro atoms. The Balaban J connectivity index is 1.58. The highest BCUT2D eigenvalue weighted by Crippen LogP contribution is 2.29. The highest BCUT2D eigenvalue weighted by atomic mass is 32.2. The molecule has 0 bridgehead atoms. The van der Waals surface area contributed by atoms with Gasteiger partial charge in [-0.05, 0) is 42.3 Å². The molecule has 0 saturated carbocycles. The average molecular weight is 479 g/mol. The quantitative estimate of drug-likeness (QED) is 0.318. The Bertz CT molecular complexity index is 1280. The molecule has 1 atom stereocenters. The van der Waals surface area contributed by atoms with Crippen LogP contribution in [0, 0.1) is 11.6 Å². The van der Waals surface area contributed by atoms with Crippen LogP contribution >= 0.6 is 11.8 Å². The van der Waals surface area contributed by atoms with Crippen LogP contribution in [0.15, 0.2) is 84.0 Å². The van der Waals surface area contributed by atoms with Crippen molar-refractivity contribution < 1.29 is 13.6 Å². The van der Waals surface area contributed by atoms with E-state index in [2.05, 4.69) is 10.2 Å². The summed E-state index contributed by atoms with van der Waals surface area (Å²) in [5.41, 5.74) is 2.06. The van der Waals surface area contributed by atoms with Crippen molar-refractivity contribution in [3.8, 4) is 11.4 Å². The van der Waals surface area contributed by atoms with Crippen molar-refractivity contribution in [1.82, 2.24) is 19.7 Å². The van der Waals surface area contributed by atoms with Crippen molar-refractivity contribution >= 4 is 17.7 Å². The summed E-state index contributed by atoms with van der Waals surface area (Å²) >= 11 is 1.26. The molecular weight excluding hydrogens is 454 g/mol. The van der Waals surface area contributed by atoms with Crippen molar-refractivity contribution in [2.24, 2.45) is 0 Å². The van der Waals surface area contributed by atoms with Gasteiger partial charge in [0.25, 0.3) is 0 Å². The Labute approximate surface area is 201 Å². The zero-order valence-electron chi connectivity index (χ0n) is 18.9. The molecule has 0 aliphatic carbocycles. The molecule has 0 saturated heterocycles. The van der Waals surface area contributed by atoms with Crippen LogP contribution in [0.1, 0.15) is 18.1 Å². The van der Waals surface area contributed by atoms with Gasteiger partial charge in [0.05, 0.1) is 17.4 Å². The van der Waals surface area contributed by atoms with Crippen LogP contribution in [0.5, 0.6) is 0 Å². The molecule has 3 aromatic carbocycles. The largest absolute Gasteiger partial charge is 0.340 e. The molecule has 0 radical (unpaired) electrons. The topological polar surface area (TPSA) is 51.0 Å². The van der Waals surface area contributed by atoms with Crippen LogP contribution in [0.3, 0.4) is 0 Å². The number of aromatic nitrogens is 3. The Morgan fingerprint density at radius 1 is 0.971 bits per heavy atom. The number of amides is 1. The van der Waals surface area contributed by atoms with Crippen molar-refractivity contribution in [3.63, 3.8) is 0 Å². The van der Waals surface area contributed by atoms with Gasteiger partial charge in [0.15, 0.2) is 11.0 Å². The minimum absolute atomic E-state index is 0.129. The lowest BCUT2D eigenvalue weighted by Crippen LogP contribution is -2.33. The van der Waals surface area contributed by atoms with Gasteiger partial charge in [0.1, 0.15) is 11.6 Å². The maximum Gasteiger partial charge on any atom is 0.235 e. The molecule has 1 aromatic heterocycles. The summed E-state index contributed by atoms with van der Waals surface area (Å²) in [5, 5.41) is 8.59. The van der Waals surface area contributed by atoms with Crippen LogP contribution in [0.4, 0.5) is 8.78 Å². The molecule has 1 amide bonds. The van der Waals surface area contributed by atoms with Gasteiger partial charge in [-0.15, -0.1) is 10.2 Å². The van der Waals surface area contributed by atoms with E-state index in [0.717, 1.165) is 5.56 Å². The number of rotatable bonds is 8. The summed E-state index contributed by atoms with van der Waals surface area (Å²) in [7, 11) is 1.68. The summed E-state index contributed by atoms with van der Waals surface area (Å²) < 4.78 is 29.9. The van der Waals surface area contributed by atoms with E-state index in [1.807, 2.05) is 34.9 Å². The SMILES string of the molecule is CC(Sc1nnc(-c2ccccc2F)n1Cc1ccccc1)C(=O)N(C)Cc1cccc(F)c1. The zero-order chi connectivity index (χ0) is 24.1. The lowest BCUT2D eigenvalue weighted by Gasteiger charge is -2.21. The normalized spacial score (nSPS) is 11.9. The second kappa shape index (κ2) is 10.6. The van der Waals surface area contributed by atoms with Gasteiger partial charge >= 0.3 is 0 Å². The van der Waals surface area contributed by atoms with Gasteiger partial charge in [0.2, 0.25) is 5.91 Å². The number of benzene rings is 3. The fourth-order valence-electron chi connectivity index (χ4n) is 3.63. The lowest BCUT2D eigenvalue weighted by molar-refractivity contribution is -0.129. The third-order valence-corrected chi connectivity index (χ3v) is 6.40. The maximum absolute atomic E-state index is 14.6. The molecule has 1 heterocycles. The first-order chi connectivity index (χ1) is 16.4. The first-order valence-electron chi connectivity index (χ1n) is 10.8. The molecule has 1 unspecified atom stereocenters. The predicted octanol–water partition coefficient (Wildman–Crippen LogP) is 5.41. The number of halogens is 2. The van der Waals surface area contributed by atoms with Gasteiger partial charge in [-0.2, -0.15) is 0 Å². The van der Waals surface area contributed by atoms with E-state index in [4.69, 9.17) is 0 Å². The van der Waals surface area contributed by atoms with Crippen molar-refractivity contribution in [3.05, 3.63) is 102 Å². The van der Waals surface area contributed by atoms with E-state index >= 15 is 0 Å². The number of carbonyl (C=O) groups excluding carboxylic acids is 1. The molecule has 4 aromatic rings. The van der Waals surface area contributed by atoms with Crippen LogP contribution in [-0.2, 0) is 17.9 Å². The molecule has 5 nitrogen and oxygen atoms in total. The molecule has 0 aliphatic heterocycles. The summed E-state index contributed by atoms with van der Waals surface area (Å²) in [6.45, 7) is 2.51. The summed E-state index contributed by atoms with van der Waals surface area (Å²) in [6, 6.07) is 22.4. The number of hydrogen-bond donors (Lipinski definition) is 0. The van der Waals surface area contributed by atoms with E-state index in [0.29, 0.717) is 35.2 Å². The van der Waals surface area contributed by atoms with Gasteiger partial charge in [-0.3, -0.25) is 9.36 Å². The number of hydrogen-bond acceptors (Lipinski definition) is 4. The lowest BCUT2D eigenvalue weighted by atomic mass is 10.2. The third-order valence-electron chi connectivity index (χ3n) is 5.33. The van der Waals surface area contributed by atoms with Crippen LogP contribution in [0.25, 0.3) is 11.4 Å². The molecule has 8 heteroatoms. The van der Waals surface area contributed by atoms with Gasteiger partial charge in [0, 0.05) is 13.6 Å². The summed E-state index contributed by atoms with van der Waals surface area (Å²) in [5.74, 6) is -0.455. The van der Waals surface area contributed by atoms with E-state index in [1.165, 1.54) is 30.0 Å². The minimum Gasteiger partial charge on any atom is -0.340 e. The summed E-state index contributed by atoms with van der Waals surface area (Å²) in [6.07, 6.45) is 0. The predicted molar refractivity (Wildman–Crippen MR) is 129 cm³/mol. The molecular formula is C26H24F2N4OS. The minimum atomic E-state index is -0.481. The summed E-state index contributed by atoms with van der Waals surface area (Å²) in [4.78, 5) is 14.6. The number of thioether (sulfide) groups is 1. The van der Waals surface area contributed by atoms with Gasteiger partial charge in [-0.1, -0.05) is 66.4 Å². The number of nitrogens with zero attached hydrogens (tertiary/aromatic N) is 4. The van der Waals surface area contributed by atoms with Crippen LogP contribution < -0.4 is 0 Å². The zero-order valence-corrected chi connectivity index (χ0v) is 19.7. The van der Waals surface area contributed by atoms with Crippen LogP contribution in [0.2, 0.25) is 0 Å². The Morgan fingerprint density at radius 2 is 1.68 bits per heavy atom. The van der Waals surface area contributed by atoms with Gasteiger partial charge in [-0.25, -0.2) is 8.78 Å². The Morgan fingerprint density at radius 3 is 2.41 bits per heavy atom. The Hall–Kier alpha value is -3.52. The van der Waals surface area contributed by atoms with E-state index in [9.17, 15) is 13.6 Å². The highest BCUT2D eigenvalue weighted by molar-refractivity contribution is 8.00. The monoisotopic (exact) mass is 478 g/mol. The molecule has 0 fully saturated rings. The molecule has 34 heavy (non-hydrogen) atoms. The van der Waals surface area contributed by atoms with E-state index in [-0.39, 0.29) is 17.5 Å². The fourth-order valence-corrected chi connectivity index (χ4v) is 4.60. The molecule has 4 rings (SSSR count). The smallest absolute Gasteiger partial charge is 0.235 e. The molecule has 0 N–H and O–H groups in total. The van der Waals surface area contributed by atoms with Crippen molar-refractivity contribution in [2.75, 3.05) is 7.05 Å². The average Bonchev–Trinajstić information content (AvgIpc) is 3.21. The van der Waals surface area contributed by atoms with Gasteiger partial charge < -0.3 is 4.90 Å². The van der Waals surface area contributed by atoms with Crippen molar-refractivity contribution in [2.45, 2.75) is 30.4 Å². The first kappa shape index (κ1) is 23.6. The standard InChI is InChI=1S/C26H24F2N4OS/c1-18(25(33)31(2)16-20-11-8-12-21(27)15-20)34-26-30-29-24(22-13-6-7-14-23(22)28)32(26)17-19-9-4-3-5-10-19/h3-15,18H,16-17H2,1-2H3. The third kappa shape index (κ3) is 5.51. The Kier molecular flexibility index (Phi) is 7.37.